The number of amidine groups is 1. The molecule has 24 heavy (non-hydrogen) atoms. The Morgan fingerprint density at radius 1 is 1.04 bits per heavy atom. The van der Waals surface area contributed by atoms with Crippen molar-refractivity contribution in [2.45, 2.75) is 0 Å². The maximum absolute atomic E-state index is 13.1. The number of nitrogens with two attached hydrogens (primary N) is 1. The van der Waals surface area contributed by atoms with E-state index in [9.17, 15) is 9.18 Å². The summed E-state index contributed by atoms with van der Waals surface area (Å²) in [5, 5.41) is 11.9. The Hall–Kier alpha value is -3.41. The fourth-order valence-electron chi connectivity index (χ4n) is 2.49. The second kappa shape index (κ2) is 6.37. The Morgan fingerprint density at radius 2 is 1.71 bits per heavy atom. The van der Waals surface area contributed by atoms with E-state index in [-0.39, 0.29) is 17.2 Å². The van der Waals surface area contributed by atoms with Crippen molar-refractivity contribution in [3.05, 3.63) is 82.4 Å². The number of aromatic nitrogens is 1. The number of rotatable bonds is 3. The summed E-state index contributed by atoms with van der Waals surface area (Å²) in [6.45, 7) is 0. The molecule has 0 unspecified atom stereocenters. The lowest BCUT2D eigenvalue weighted by molar-refractivity contribution is 0.318. The van der Waals surface area contributed by atoms with Crippen molar-refractivity contribution in [3.63, 3.8) is 0 Å². The number of hydrogen-bond donors (Lipinski definition) is 3. The predicted molar refractivity (Wildman–Crippen MR) is 90.4 cm³/mol. The first-order chi connectivity index (χ1) is 11.6. The van der Waals surface area contributed by atoms with Crippen molar-refractivity contribution >= 4 is 5.84 Å². The Balaban J connectivity index is 2.27. The number of hydrogen-bond acceptors (Lipinski definition) is 3. The molecule has 0 aliphatic rings. The average Bonchev–Trinajstić information content (AvgIpc) is 2.62. The molecule has 5 nitrogen and oxygen atoms in total. The molecule has 0 fully saturated rings. The van der Waals surface area contributed by atoms with Crippen LogP contribution in [0.3, 0.4) is 0 Å². The van der Waals surface area contributed by atoms with Crippen molar-refractivity contribution in [1.82, 2.24) is 4.98 Å². The van der Waals surface area contributed by atoms with E-state index in [0.717, 1.165) is 5.56 Å². The summed E-state index contributed by atoms with van der Waals surface area (Å²) in [5.74, 6) is -0.640. The van der Waals surface area contributed by atoms with Crippen LogP contribution in [0.1, 0.15) is 5.56 Å². The van der Waals surface area contributed by atoms with E-state index in [0.29, 0.717) is 16.8 Å². The lowest BCUT2D eigenvalue weighted by Crippen LogP contribution is -2.26. The molecule has 0 saturated carbocycles. The lowest BCUT2D eigenvalue weighted by Gasteiger charge is -2.11. The Bertz CT molecular complexity index is 948. The van der Waals surface area contributed by atoms with Gasteiger partial charge in [-0.1, -0.05) is 35.5 Å². The summed E-state index contributed by atoms with van der Waals surface area (Å²) in [6.07, 6.45) is 0. The van der Waals surface area contributed by atoms with Crippen LogP contribution in [0.15, 0.2) is 70.6 Å². The van der Waals surface area contributed by atoms with Crippen molar-refractivity contribution in [2.75, 3.05) is 0 Å². The maximum atomic E-state index is 13.1. The lowest BCUT2D eigenvalue weighted by atomic mass is 9.98. The van der Waals surface area contributed by atoms with E-state index >= 15 is 0 Å². The predicted octanol–water partition coefficient (Wildman–Crippen LogP) is 2.94. The Labute approximate surface area is 136 Å². The van der Waals surface area contributed by atoms with E-state index < -0.39 is 5.56 Å². The van der Waals surface area contributed by atoms with E-state index in [1.165, 1.54) is 12.1 Å². The monoisotopic (exact) mass is 323 g/mol. The van der Waals surface area contributed by atoms with E-state index in [2.05, 4.69) is 10.1 Å². The highest BCUT2D eigenvalue weighted by Gasteiger charge is 2.16. The summed E-state index contributed by atoms with van der Waals surface area (Å²) >= 11 is 0. The number of aromatic amines is 1. The van der Waals surface area contributed by atoms with Gasteiger partial charge in [0.25, 0.3) is 5.56 Å². The quantitative estimate of drug-likeness (QED) is 0.299. The molecule has 0 aliphatic carbocycles. The number of benzene rings is 2. The van der Waals surface area contributed by atoms with E-state index in [4.69, 9.17) is 10.9 Å². The summed E-state index contributed by atoms with van der Waals surface area (Å²) in [7, 11) is 0. The van der Waals surface area contributed by atoms with Gasteiger partial charge in [0.05, 0.1) is 5.56 Å². The molecule has 1 aromatic heterocycles. The summed E-state index contributed by atoms with van der Waals surface area (Å²) < 4.78 is 13.1. The number of halogens is 1. The minimum atomic E-state index is -0.494. The molecular weight excluding hydrogens is 309 g/mol. The zero-order chi connectivity index (χ0) is 17.1. The number of oxime groups is 1. The molecule has 120 valence electrons. The molecule has 0 atom stereocenters. The van der Waals surface area contributed by atoms with Crippen LogP contribution in [0.5, 0.6) is 0 Å². The normalized spacial score (nSPS) is 11.5. The molecule has 0 saturated heterocycles. The van der Waals surface area contributed by atoms with Crippen LogP contribution in [0.4, 0.5) is 4.39 Å². The van der Waals surface area contributed by atoms with Gasteiger partial charge in [-0.2, -0.15) is 0 Å². The SMILES string of the molecule is NC(=NO)c1c(-c2ccccc2)cc(-c2ccc(F)cc2)[nH]c1=O. The number of pyridine rings is 1. The first-order valence-electron chi connectivity index (χ1n) is 7.16. The summed E-state index contributed by atoms with van der Waals surface area (Å²) in [5.41, 5.74) is 7.68. The van der Waals surface area contributed by atoms with E-state index in [1.807, 2.05) is 30.3 Å². The molecule has 4 N–H and O–H groups in total. The highest BCUT2D eigenvalue weighted by molar-refractivity contribution is 6.03. The van der Waals surface area contributed by atoms with Crippen molar-refractivity contribution in [3.8, 4) is 22.4 Å². The minimum absolute atomic E-state index is 0.0783. The van der Waals surface area contributed by atoms with Crippen LogP contribution in [0.2, 0.25) is 0 Å². The van der Waals surface area contributed by atoms with Gasteiger partial charge >= 0.3 is 0 Å². The van der Waals surface area contributed by atoms with Gasteiger partial charge in [0.1, 0.15) is 5.82 Å². The van der Waals surface area contributed by atoms with Gasteiger partial charge in [-0.3, -0.25) is 4.79 Å². The highest BCUT2D eigenvalue weighted by atomic mass is 19.1. The number of nitrogens with zero attached hydrogens (tertiary/aromatic N) is 1. The Kier molecular flexibility index (Phi) is 4.11. The Morgan fingerprint density at radius 3 is 2.33 bits per heavy atom. The van der Waals surface area contributed by atoms with Crippen LogP contribution < -0.4 is 11.3 Å². The van der Waals surface area contributed by atoms with Gasteiger partial charge in [-0.25, -0.2) is 4.39 Å². The molecule has 0 amide bonds. The fourth-order valence-corrected chi connectivity index (χ4v) is 2.49. The summed E-state index contributed by atoms with van der Waals surface area (Å²) in [4.78, 5) is 15.2. The molecule has 0 radical (unpaired) electrons. The van der Waals surface area contributed by atoms with Gasteiger partial charge in [-0.05, 0) is 41.5 Å². The van der Waals surface area contributed by atoms with Gasteiger partial charge in [0, 0.05) is 11.3 Å². The molecule has 0 aliphatic heterocycles. The smallest absolute Gasteiger partial charge is 0.260 e. The second-order valence-corrected chi connectivity index (χ2v) is 5.16. The molecular formula is C18H14FN3O2. The van der Waals surface area contributed by atoms with Gasteiger partial charge in [0.2, 0.25) is 0 Å². The summed E-state index contributed by atoms with van der Waals surface area (Å²) in [6, 6.07) is 16.6. The molecule has 6 heteroatoms. The molecule has 0 bridgehead atoms. The van der Waals surface area contributed by atoms with Crippen molar-refractivity contribution in [1.29, 1.82) is 0 Å². The van der Waals surface area contributed by atoms with Crippen LogP contribution in [0.25, 0.3) is 22.4 Å². The number of nitrogens with one attached hydrogen (secondary N) is 1. The third kappa shape index (κ3) is 2.89. The first kappa shape index (κ1) is 15.5. The minimum Gasteiger partial charge on any atom is -0.409 e. The third-order valence-electron chi connectivity index (χ3n) is 3.64. The first-order valence-corrected chi connectivity index (χ1v) is 7.16. The largest absolute Gasteiger partial charge is 0.409 e. The van der Waals surface area contributed by atoms with E-state index in [1.54, 1.807) is 18.2 Å². The van der Waals surface area contributed by atoms with Crippen molar-refractivity contribution < 1.29 is 9.60 Å². The van der Waals surface area contributed by atoms with Crippen molar-refractivity contribution in [2.24, 2.45) is 10.9 Å². The van der Waals surface area contributed by atoms with Crippen LogP contribution >= 0.6 is 0 Å². The zero-order valence-corrected chi connectivity index (χ0v) is 12.5. The van der Waals surface area contributed by atoms with Gasteiger partial charge < -0.3 is 15.9 Å². The zero-order valence-electron chi connectivity index (χ0n) is 12.5. The highest BCUT2D eigenvalue weighted by Crippen LogP contribution is 2.26. The maximum Gasteiger partial charge on any atom is 0.260 e. The topological polar surface area (TPSA) is 91.5 Å². The van der Waals surface area contributed by atoms with Crippen LogP contribution in [-0.4, -0.2) is 16.0 Å². The molecule has 0 spiro atoms. The van der Waals surface area contributed by atoms with Crippen LogP contribution in [0, 0.1) is 5.82 Å². The number of H-pyrrole nitrogens is 1. The van der Waals surface area contributed by atoms with Crippen LogP contribution in [-0.2, 0) is 0 Å². The molecule has 2 aromatic carbocycles. The molecule has 3 aromatic rings. The molecule has 1 heterocycles. The van der Waals surface area contributed by atoms with Gasteiger partial charge in [0.15, 0.2) is 5.84 Å². The third-order valence-corrected chi connectivity index (χ3v) is 3.64. The molecule has 3 rings (SSSR count). The van der Waals surface area contributed by atoms with Gasteiger partial charge in [-0.15, -0.1) is 0 Å². The second-order valence-electron chi connectivity index (χ2n) is 5.16. The standard InChI is InChI=1S/C18H14FN3O2/c19-13-8-6-12(7-9-13)15-10-14(11-4-2-1-3-5-11)16(17(20)22-24)18(23)21-15/h1-10,24H,(H2,20,22)(H,21,23). The average molecular weight is 323 g/mol. The fraction of sp³-hybridized carbons (Fsp3) is 0.